The standard InChI is InChI=1S/C23H22N2O7/c1-14-19(15(2)32-25-14)12-30-20-7-5-4-6-18(20)23(28)31-13-21(26)24-22(27)16-8-10-17(29-3)11-9-16/h4-11H,12-13H2,1-3H3,(H,24,26,27). The number of para-hydroxylation sites is 1. The second kappa shape index (κ2) is 10.3. The van der Waals surface area contributed by atoms with Gasteiger partial charge in [-0.3, -0.25) is 14.9 Å². The van der Waals surface area contributed by atoms with E-state index in [9.17, 15) is 14.4 Å². The predicted octanol–water partition coefficient (Wildman–Crippen LogP) is 2.99. The maximum absolute atomic E-state index is 12.5. The summed E-state index contributed by atoms with van der Waals surface area (Å²) in [5.74, 6) is -0.637. The summed E-state index contributed by atoms with van der Waals surface area (Å²) in [4.78, 5) is 36.7. The van der Waals surface area contributed by atoms with Crippen LogP contribution in [0.2, 0.25) is 0 Å². The van der Waals surface area contributed by atoms with Gasteiger partial charge in [-0.05, 0) is 50.2 Å². The van der Waals surface area contributed by atoms with E-state index in [0.717, 1.165) is 5.56 Å². The monoisotopic (exact) mass is 438 g/mol. The summed E-state index contributed by atoms with van der Waals surface area (Å²) in [7, 11) is 1.51. The number of aromatic nitrogens is 1. The van der Waals surface area contributed by atoms with Crippen molar-refractivity contribution in [2.24, 2.45) is 0 Å². The van der Waals surface area contributed by atoms with Crippen LogP contribution in [0, 0.1) is 13.8 Å². The van der Waals surface area contributed by atoms with E-state index in [1.165, 1.54) is 25.3 Å². The third kappa shape index (κ3) is 5.51. The minimum absolute atomic E-state index is 0.147. The molecule has 0 atom stereocenters. The molecule has 0 spiro atoms. The fourth-order valence-corrected chi connectivity index (χ4v) is 2.81. The topological polar surface area (TPSA) is 117 Å². The van der Waals surface area contributed by atoms with E-state index >= 15 is 0 Å². The maximum Gasteiger partial charge on any atom is 0.342 e. The van der Waals surface area contributed by atoms with Gasteiger partial charge < -0.3 is 18.7 Å². The minimum Gasteiger partial charge on any atom is -0.497 e. The van der Waals surface area contributed by atoms with Crippen LogP contribution < -0.4 is 14.8 Å². The number of imide groups is 1. The van der Waals surface area contributed by atoms with Crippen LogP contribution in [-0.2, 0) is 16.1 Å². The van der Waals surface area contributed by atoms with Gasteiger partial charge in [0.15, 0.2) is 6.61 Å². The molecule has 1 heterocycles. The molecule has 1 N–H and O–H groups in total. The number of hydrogen-bond donors (Lipinski definition) is 1. The van der Waals surface area contributed by atoms with E-state index in [1.807, 2.05) is 0 Å². The molecule has 0 saturated carbocycles. The molecular formula is C23H22N2O7. The highest BCUT2D eigenvalue weighted by Crippen LogP contribution is 2.22. The summed E-state index contributed by atoms with van der Waals surface area (Å²) in [6.45, 7) is 3.09. The van der Waals surface area contributed by atoms with Gasteiger partial charge in [0.1, 0.15) is 29.4 Å². The van der Waals surface area contributed by atoms with E-state index in [4.69, 9.17) is 18.7 Å². The van der Waals surface area contributed by atoms with Gasteiger partial charge >= 0.3 is 5.97 Å². The van der Waals surface area contributed by atoms with Gasteiger partial charge in [0.2, 0.25) is 0 Å². The summed E-state index contributed by atoms with van der Waals surface area (Å²) >= 11 is 0. The van der Waals surface area contributed by atoms with Crippen molar-refractivity contribution >= 4 is 17.8 Å². The lowest BCUT2D eigenvalue weighted by molar-refractivity contribution is -0.123. The first-order valence-corrected chi connectivity index (χ1v) is 9.68. The zero-order chi connectivity index (χ0) is 23.1. The second-order valence-corrected chi connectivity index (χ2v) is 6.77. The number of benzene rings is 2. The lowest BCUT2D eigenvalue weighted by atomic mass is 10.2. The number of nitrogens with one attached hydrogen (secondary N) is 1. The average molecular weight is 438 g/mol. The van der Waals surface area contributed by atoms with E-state index in [1.54, 1.807) is 44.2 Å². The van der Waals surface area contributed by atoms with Crippen LogP contribution in [0.15, 0.2) is 53.1 Å². The Balaban J connectivity index is 1.56. The summed E-state index contributed by atoms with van der Waals surface area (Å²) in [5, 5.41) is 6.03. The summed E-state index contributed by atoms with van der Waals surface area (Å²) in [5.41, 5.74) is 1.89. The Morgan fingerprint density at radius 3 is 2.41 bits per heavy atom. The van der Waals surface area contributed by atoms with Crippen molar-refractivity contribution in [3.05, 3.63) is 76.7 Å². The number of hydrogen-bond acceptors (Lipinski definition) is 8. The molecule has 0 aliphatic heterocycles. The number of carbonyl (C=O) groups excluding carboxylic acids is 3. The predicted molar refractivity (Wildman–Crippen MR) is 113 cm³/mol. The minimum atomic E-state index is -0.758. The first kappa shape index (κ1) is 22.5. The first-order valence-electron chi connectivity index (χ1n) is 9.68. The fraction of sp³-hybridized carbons (Fsp3) is 0.217. The molecule has 0 fully saturated rings. The third-order valence-electron chi connectivity index (χ3n) is 4.60. The highest BCUT2D eigenvalue weighted by atomic mass is 16.5. The van der Waals surface area contributed by atoms with Crippen molar-refractivity contribution < 1.29 is 33.1 Å². The van der Waals surface area contributed by atoms with Crippen LogP contribution in [0.4, 0.5) is 0 Å². The Kier molecular flexibility index (Phi) is 7.22. The summed E-state index contributed by atoms with van der Waals surface area (Å²) < 4.78 is 20.9. The zero-order valence-corrected chi connectivity index (χ0v) is 17.8. The smallest absolute Gasteiger partial charge is 0.342 e. The number of ether oxygens (including phenoxy) is 3. The van der Waals surface area contributed by atoms with Gasteiger partial charge in [0.05, 0.1) is 18.4 Å². The molecule has 166 valence electrons. The number of esters is 1. The molecule has 9 nitrogen and oxygen atoms in total. The van der Waals surface area contributed by atoms with Gasteiger partial charge in [-0.25, -0.2) is 4.79 Å². The average Bonchev–Trinajstić information content (AvgIpc) is 3.13. The number of rotatable bonds is 8. The van der Waals surface area contributed by atoms with Crippen molar-refractivity contribution in [2.45, 2.75) is 20.5 Å². The largest absolute Gasteiger partial charge is 0.497 e. The van der Waals surface area contributed by atoms with E-state index in [0.29, 0.717) is 17.2 Å². The van der Waals surface area contributed by atoms with Crippen LogP contribution in [0.25, 0.3) is 0 Å². The van der Waals surface area contributed by atoms with Crippen molar-refractivity contribution in [2.75, 3.05) is 13.7 Å². The highest BCUT2D eigenvalue weighted by molar-refractivity contribution is 6.05. The SMILES string of the molecule is COc1ccc(C(=O)NC(=O)COC(=O)c2ccccc2OCc2c(C)noc2C)cc1. The molecule has 0 bridgehead atoms. The number of nitrogens with zero attached hydrogens (tertiary/aromatic N) is 1. The molecular weight excluding hydrogens is 416 g/mol. The molecule has 2 aromatic carbocycles. The molecule has 0 aliphatic carbocycles. The zero-order valence-electron chi connectivity index (χ0n) is 17.8. The van der Waals surface area contributed by atoms with E-state index in [-0.39, 0.29) is 23.5 Å². The molecule has 2 amide bonds. The lowest BCUT2D eigenvalue weighted by Crippen LogP contribution is -2.34. The summed E-state index contributed by atoms with van der Waals surface area (Å²) in [6.07, 6.45) is 0. The number of methoxy groups -OCH3 is 1. The first-order chi connectivity index (χ1) is 15.4. The Hall–Kier alpha value is -4.14. The van der Waals surface area contributed by atoms with Crippen molar-refractivity contribution in [1.29, 1.82) is 0 Å². The Morgan fingerprint density at radius 2 is 1.75 bits per heavy atom. The van der Waals surface area contributed by atoms with E-state index in [2.05, 4.69) is 10.5 Å². The second-order valence-electron chi connectivity index (χ2n) is 6.77. The van der Waals surface area contributed by atoms with Crippen LogP contribution in [0.5, 0.6) is 11.5 Å². The Labute approximate surface area is 184 Å². The van der Waals surface area contributed by atoms with Crippen molar-refractivity contribution in [1.82, 2.24) is 10.5 Å². The molecule has 32 heavy (non-hydrogen) atoms. The molecule has 1 aromatic heterocycles. The van der Waals surface area contributed by atoms with Gasteiger partial charge in [-0.1, -0.05) is 17.3 Å². The van der Waals surface area contributed by atoms with Gasteiger partial charge in [0, 0.05) is 5.56 Å². The van der Waals surface area contributed by atoms with Crippen LogP contribution >= 0.6 is 0 Å². The maximum atomic E-state index is 12.5. The van der Waals surface area contributed by atoms with E-state index < -0.39 is 24.4 Å². The molecule has 9 heteroatoms. The normalized spacial score (nSPS) is 10.3. The third-order valence-corrected chi connectivity index (χ3v) is 4.60. The molecule has 0 saturated heterocycles. The lowest BCUT2D eigenvalue weighted by Gasteiger charge is -2.11. The number of carbonyl (C=O) groups is 3. The van der Waals surface area contributed by atoms with Gasteiger partial charge in [-0.15, -0.1) is 0 Å². The van der Waals surface area contributed by atoms with Crippen LogP contribution in [0.3, 0.4) is 0 Å². The molecule has 3 rings (SSSR count). The van der Waals surface area contributed by atoms with Gasteiger partial charge in [-0.2, -0.15) is 0 Å². The molecule has 0 radical (unpaired) electrons. The molecule has 0 aliphatic rings. The van der Waals surface area contributed by atoms with Gasteiger partial charge in [0.25, 0.3) is 11.8 Å². The number of aryl methyl sites for hydroxylation is 2. The highest BCUT2D eigenvalue weighted by Gasteiger charge is 2.18. The van der Waals surface area contributed by atoms with Crippen molar-refractivity contribution in [3.63, 3.8) is 0 Å². The van der Waals surface area contributed by atoms with Crippen LogP contribution in [-0.4, -0.2) is 36.7 Å². The Morgan fingerprint density at radius 1 is 1.03 bits per heavy atom. The van der Waals surface area contributed by atoms with Crippen molar-refractivity contribution in [3.8, 4) is 11.5 Å². The molecule has 3 aromatic rings. The number of amides is 2. The van der Waals surface area contributed by atoms with Crippen LogP contribution in [0.1, 0.15) is 37.7 Å². The molecule has 0 unspecified atom stereocenters. The quantitative estimate of drug-likeness (QED) is 0.534. The summed E-state index contributed by atoms with van der Waals surface area (Å²) in [6, 6.07) is 12.7. The fourth-order valence-electron chi connectivity index (χ4n) is 2.81. The Bertz CT molecular complexity index is 1100.